The van der Waals surface area contributed by atoms with E-state index in [2.05, 4.69) is 10.3 Å². The molecule has 0 bridgehead atoms. The summed E-state index contributed by atoms with van der Waals surface area (Å²) >= 11 is 0. The summed E-state index contributed by atoms with van der Waals surface area (Å²) < 4.78 is 11.0. The van der Waals surface area contributed by atoms with Crippen LogP contribution in [0.1, 0.15) is 10.4 Å². The SMILES string of the molecule is NC(=O)Nc1[nH]c(-c2ccc3c(c2)OCCO3)cc1C(N)=O. The highest BCUT2D eigenvalue weighted by Gasteiger charge is 2.17. The number of aromatic nitrogens is 1. The minimum atomic E-state index is -0.793. The van der Waals surface area contributed by atoms with Crippen LogP contribution in [0.4, 0.5) is 10.6 Å². The number of hydrogen-bond acceptors (Lipinski definition) is 4. The number of rotatable bonds is 3. The number of carbonyl (C=O) groups is 2. The van der Waals surface area contributed by atoms with E-state index >= 15 is 0 Å². The van der Waals surface area contributed by atoms with E-state index in [0.717, 1.165) is 5.56 Å². The highest BCUT2D eigenvalue weighted by atomic mass is 16.6. The van der Waals surface area contributed by atoms with Gasteiger partial charge in [0.2, 0.25) is 0 Å². The summed E-state index contributed by atoms with van der Waals surface area (Å²) in [5.74, 6) is 0.754. The average Bonchev–Trinajstić information content (AvgIpc) is 2.90. The van der Waals surface area contributed by atoms with Crippen LogP contribution < -0.4 is 26.3 Å². The minimum absolute atomic E-state index is 0.142. The molecule has 0 saturated carbocycles. The van der Waals surface area contributed by atoms with E-state index < -0.39 is 11.9 Å². The van der Waals surface area contributed by atoms with Crippen molar-refractivity contribution in [3.8, 4) is 22.8 Å². The van der Waals surface area contributed by atoms with Crippen LogP contribution in [0.5, 0.6) is 11.5 Å². The molecule has 0 unspecified atom stereocenters. The lowest BCUT2D eigenvalue weighted by Crippen LogP contribution is -2.22. The molecule has 0 radical (unpaired) electrons. The third-order valence-electron chi connectivity index (χ3n) is 3.18. The van der Waals surface area contributed by atoms with E-state index in [1.807, 2.05) is 0 Å². The number of aromatic amines is 1. The number of benzene rings is 1. The van der Waals surface area contributed by atoms with Crippen molar-refractivity contribution in [2.24, 2.45) is 11.5 Å². The average molecular weight is 302 g/mol. The Morgan fingerprint density at radius 1 is 1.09 bits per heavy atom. The number of nitrogens with two attached hydrogens (primary N) is 2. The number of H-pyrrole nitrogens is 1. The number of ether oxygens (including phenoxy) is 2. The van der Waals surface area contributed by atoms with Crippen molar-refractivity contribution in [3.05, 3.63) is 29.8 Å². The molecule has 0 aliphatic carbocycles. The molecule has 22 heavy (non-hydrogen) atoms. The first-order chi connectivity index (χ1) is 10.5. The summed E-state index contributed by atoms with van der Waals surface area (Å²) in [5, 5.41) is 2.33. The van der Waals surface area contributed by atoms with Gasteiger partial charge in [0.15, 0.2) is 11.5 Å². The van der Waals surface area contributed by atoms with Crippen LogP contribution in [-0.4, -0.2) is 30.1 Å². The van der Waals surface area contributed by atoms with Gasteiger partial charge >= 0.3 is 6.03 Å². The molecule has 2 aromatic rings. The lowest BCUT2D eigenvalue weighted by atomic mass is 10.1. The van der Waals surface area contributed by atoms with Gasteiger partial charge in [-0.25, -0.2) is 4.79 Å². The number of urea groups is 1. The van der Waals surface area contributed by atoms with Crippen molar-refractivity contribution in [2.45, 2.75) is 0 Å². The summed E-state index contributed by atoms with van der Waals surface area (Å²) in [6.07, 6.45) is 0. The summed E-state index contributed by atoms with van der Waals surface area (Å²) in [5.41, 5.74) is 11.9. The molecule has 0 spiro atoms. The van der Waals surface area contributed by atoms with E-state index in [1.165, 1.54) is 0 Å². The topological polar surface area (TPSA) is 132 Å². The van der Waals surface area contributed by atoms with Gasteiger partial charge < -0.3 is 25.9 Å². The Morgan fingerprint density at radius 2 is 1.82 bits per heavy atom. The Balaban J connectivity index is 2.01. The van der Waals surface area contributed by atoms with Crippen LogP contribution in [0, 0.1) is 0 Å². The third kappa shape index (κ3) is 2.53. The fraction of sp³-hybridized carbons (Fsp3) is 0.143. The number of nitrogens with one attached hydrogen (secondary N) is 2. The van der Waals surface area contributed by atoms with Gasteiger partial charge in [-0.1, -0.05) is 0 Å². The monoisotopic (exact) mass is 302 g/mol. The molecule has 1 aromatic heterocycles. The Kier molecular flexibility index (Phi) is 3.34. The van der Waals surface area contributed by atoms with Crippen molar-refractivity contribution >= 4 is 17.8 Å². The largest absolute Gasteiger partial charge is 0.486 e. The van der Waals surface area contributed by atoms with E-state index in [4.69, 9.17) is 20.9 Å². The second kappa shape index (κ2) is 5.32. The second-order valence-corrected chi connectivity index (χ2v) is 4.68. The zero-order chi connectivity index (χ0) is 15.7. The molecule has 3 rings (SSSR count). The van der Waals surface area contributed by atoms with Crippen molar-refractivity contribution in [1.29, 1.82) is 0 Å². The summed E-state index contributed by atoms with van der Waals surface area (Å²) in [6.45, 7) is 0.982. The Morgan fingerprint density at radius 3 is 2.50 bits per heavy atom. The van der Waals surface area contributed by atoms with Crippen molar-refractivity contribution in [3.63, 3.8) is 0 Å². The fourth-order valence-corrected chi connectivity index (χ4v) is 2.24. The molecular formula is C14H14N4O4. The van der Waals surface area contributed by atoms with Crippen LogP contribution in [0.25, 0.3) is 11.3 Å². The lowest BCUT2D eigenvalue weighted by molar-refractivity contribution is 0.100. The molecule has 1 aromatic carbocycles. The van der Waals surface area contributed by atoms with Crippen molar-refractivity contribution < 1.29 is 19.1 Å². The van der Waals surface area contributed by atoms with Gasteiger partial charge in [-0.05, 0) is 24.3 Å². The molecular weight excluding hydrogens is 288 g/mol. The Hall–Kier alpha value is -3.16. The predicted octanol–water partition coefficient (Wildman–Crippen LogP) is 1.04. The second-order valence-electron chi connectivity index (χ2n) is 4.68. The lowest BCUT2D eigenvalue weighted by Gasteiger charge is -2.18. The van der Waals surface area contributed by atoms with Gasteiger partial charge in [0.1, 0.15) is 19.0 Å². The molecule has 1 aliphatic heterocycles. The quantitative estimate of drug-likeness (QED) is 0.674. The number of fused-ring (bicyclic) bond motifs is 1. The highest BCUT2D eigenvalue weighted by Crippen LogP contribution is 2.35. The number of hydrogen-bond donors (Lipinski definition) is 4. The van der Waals surface area contributed by atoms with Crippen molar-refractivity contribution in [1.82, 2.24) is 4.98 Å². The maximum Gasteiger partial charge on any atom is 0.317 e. The fourth-order valence-electron chi connectivity index (χ4n) is 2.24. The van der Waals surface area contributed by atoms with Crippen LogP contribution in [0.15, 0.2) is 24.3 Å². The number of primary amides is 2. The normalized spacial score (nSPS) is 12.7. The van der Waals surface area contributed by atoms with Crippen LogP contribution in [-0.2, 0) is 0 Å². The molecule has 8 heteroatoms. The van der Waals surface area contributed by atoms with E-state index in [0.29, 0.717) is 30.4 Å². The smallest absolute Gasteiger partial charge is 0.317 e. The molecule has 6 N–H and O–H groups in total. The predicted molar refractivity (Wildman–Crippen MR) is 78.9 cm³/mol. The summed E-state index contributed by atoms with van der Waals surface area (Å²) in [7, 11) is 0. The number of carbonyl (C=O) groups excluding carboxylic acids is 2. The standard InChI is InChI=1S/C14H14N4O4/c15-12(19)8-6-9(17-13(8)18-14(16)20)7-1-2-10-11(5-7)22-4-3-21-10/h1-2,5-6,17H,3-4H2,(H2,15,19)(H3,16,18,20). The molecule has 114 valence electrons. The molecule has 2 heterocycles. The van der Waals surface area contributed by atoms with E-state index in [1.54, 1.807) is 24.3 Å². The van der Waals surface area contributed by atoms with Crippen LogP contribution in [0.2, 0.25) is 0 Å². The number of amides is 3. The first-order valence-electron chi connectivity index (χ1n) is 6.54. The summed E-state index contributed by atoms with van der Waals surface area (Å²) in [4.78, 5) is 25.3. The third-order valence-corrected chi connectivity index (χ3v) is 3.18. The zero-order valence-electron chi connectivity index (χ0n) is 11.5. The first kappa shape index (κ1) is 13.8. The van der Waals surface area contributed by atoms with E-state index in [-0.39, 0.29) is 11.4 Å². The van der Waals surface area contributed by atoms with Gasteiger partial charge in [-0.2, -0.15) is 0 Å². The van der Waals surface area contributed by atoms with Gasteiger partial charge in [-0.3, -0.25) is 10.1 Å². The maximum atomic E-state index is 11.4. The number of anilines is 1. The molecule has 8 nitrogen and oxygen atoms in total. The van der Waals surface area contributed by atoms with Gasteiger partial charge in [0.25, 0.3) is 5.91 Å². The van der Waals surface area contributed by atoms with Crippen molar-refractivity contribution in [2.75, 3.05) is 18.5 Å². The summed E-state index contributed by atoms with van der Waals surface area (Å²) in [6, 6.07) is 6.10. The van der Waals surface area contributed by atoms with Crippen LogP contribution >= 0.6 is 0 Å². The molecule has 1 aliphatic rings. The Labute approximate surface area is 125 Å². The van der Waals surface area contributed by atoms with E-state index in [9.17, 15) is 9.59 Å². The highest BCUT2D eigenvalue weighted by molar-refractivity contribution is 6.03. The van der Waals surface area contributed by atoms with Crippen LogP contribution in [0.3, 0.4) is 0 Å². The molecule has 0 fully saturated rings. The zero-order valence-corrected chi connectivity index (χ0v) is 11.5. The van der Waals surface area contributed by atoms with Gasteiger partial charge in [0.05, 0.1) is 5.56 Å². The molecule has 0 saturated heterocycles. The molecule has 0 atom stereocenters. The van der Waals surface area contributed by atoms with Gasteiger partial charge in [-0.15, -0.1) is 0 Å². The Bertz CT molecular complexity index is 753. The van der Waals surface area contributed by atoms with Gasteiger partial charge in [0, 0.05) is 11.3 Å². The minimum Gasteiger partial charge on any atom is -0.486 e. The maximum absolute atomic E-state index is 11.4. The molecule has 3 amide bonds. The first-order valence-corrected chi connectivity index (χ1v) is 6.54.